The van der Waals surface area contributed by atoms with Gasteiger partial charge in [-0.3, -0.25) is 19.7 Å². The molecule has 0 radical (unpaired) electrons. The predicted octanol–water partition coefficient (Wildman–Crippen LogP) is 3.13. The van der Waals surface area contributed by atoms with E-state index < -0.39 is 11.0 Å². The molecule has 0 unspecified atom stereocenters. The zero-order valence-corrected chi connectivity index (χ0v) is 14.7. The Morgan fingerprint density at radius 3 is 2.42 bits per heavy atom. The van der Waals surface area contributed by atoms with Crippen molar-refractivity contribution < 1.29 is 14.5 Å². The molecule has 0 spiro atoms. The van der Waals surface area contributed by atoms with E-state index in [1.807, 2.05) is 0 Å². The molecule has 2 amide bonds. The van der Waals surface area contributed by atoms with Crippen molar-refractivity contribution in [2.24, 2.45) is 0 Å². The van der Waals surface area contributed by atoms with Gasteiger partial charge in [-0.2, -0.15) is 0 Å². The van der Waals surface area contributed by atoms with E-state index >= 15 is 0 Å². The first-order valence-corrected chi connectivity index (χ1v) is 8.39. The lowest BCUT2D eigenvalue weighted by Crippen LogP contribution is -2.57. The number of rotatable bonds is 3. The summed E-state index contributed by atoms with van der Waals surface area (Å²) in [5.41, 5.74) is 0.837. The van der Waals surface area contributed by atoms with E-state index in [0.717, 1.165) is 0 Å². The summed E-state index contributed by atoms with van der Waals surface area (Å²) in [6, 6.07) is 11.8. The standard InChI is InChI=1S/C18H16ClN3O4/c1-12-17(23)21(16-5-3-2-4-15(16)19)11-10-20(12)18(24)13-6-8-14(9-7-13)22(25)26/h2-9,12H,10-11H2,1H3/t12-/m1/s1. The average Bonchev–Trinajstić information content (AvgIpc) is 2.64. The number of anilines is 1. The molecule has 0 bridgehead atoms. The first-order valence-electron chi connectivity index (χ1n) is 8.01. The normalized spacial score (nSPS) is 17.3. The minimum Gasteiger partial charge on any atom is -0.325 e. The van der Waals surface area contributed by atoms with Crippen molar-refractivity contribution in [3.8, 4) is 0 Å². The second kappa shape index (κ2) is 7.13. The molecule has 0 N–H and O–H groups in total. The number of hydrogen-bond acceptors (Lipinski definition) is 4. The first kappa shape index (κ1) is 17.9. The van der Waals surface area contributed by atoms with Gasteiger partial charge < -0.3 is 9.80 Å². The number of nitrogens with zero attached hydrogens (tertiary/aromatic N) is 3. The van der Waals surface area contributed by atoms with Gasteiger partial charge in [0, 0.05) is 30.8 Å². The highest BCUT2D eigenvalue weighted by Gasteiger charge is 2.36. The van der Waals surface area contributed by atoms with Crippen molar-refractivity contribution in [1.82, 2.24) is 4.90 Å². The number of halogens is 1. The number of carbonyl (C=O) groups is 2. The summed E-state index contributed by atoms with van der Waals surface area (Å²) in [6.07, 6.45) is 0. The van der Waals surface area contributed by atoms with Crippen LogP contribution in [0.15, 0.2) is 48.5 Å². The number of nitro groups is 1. The third kappa shape index (κ3) is 3.25. The molecule has 1 atom stereocenters. The lowest BCUT2D eigenvalue weighted by molar-refractivity contribution is -0.384. The second-order valence-electron chi connectivity index (χ2n) is 5.92. The largest absolute Gasteiger partial charge is 0.325 e. The van der Waals surface area contributed by atoms with Crippen LogP contribution in [0.5, 0.6) is 0 Å². The molecule has 0 aliphatic carbocycles. The van der Waals surface area contributed by atoms with Crippen molar-refractivity contribution >= 4 is 34.8 Å². The van der Waals surface area contributed by atoms with Crippen LogP contribution in [0.25, 0.3) is 0 Å². The van der Waals surface area contributed by atoms with Gasteiger partial charge in [0.2, 0.25) is 5.91 Å². The van der Waals surface area contributed by atoms with E-state index in [0.29, 0.717) is 29.4 Å². The molecule has 134 valence electrons. The molecule has 8 heteroatoms. The average molecular weight is 374 g/mol. The molecule has 1 aliphatic rings. The van der Waals surface area contributed by atoms with Crippen LogP contribution in [0, 0.1) is 10.1 Å². The maximum absolute atomic E-state index is 12.8. The van der Waals surface area contributed by atoms with Gasteiger partial charge >= 0.3 is 0 Å². The van der Waals surface area contributed by atoms with Crippen molar-refractivity contribution in [3.05, 3.63) is 69.2 Å². The summed E-state index contributed by atoms with van der Waals surface area (Å²) in [7, 11) is 0. The molecule has 0 aromatic heterocycles. The van der Waals surface area contributed by atoms with Crippen LogP contribution in [-0.2, 0) is 4.79 Å². The Bertz CT molecular complexity index is 869. The van der Waals surface area contributed by atoms with Crippen LogP contribution in [0.4, 0.5) is 11.4 Å². The highest BCUT2D eigenvalue weighted by atomic mass is 35.5. The molecule has 1 fully saturated rings. The highest BCUT2D eigenvalue weighted by Crippen LogP contribution is 2.28. The molecule has 7 nitrogen and oxygen atoms in total. The molecule has 1 aliphatic heterocycles. The zero-order valence-electron chi connectivity index (χ0n) is 14.0. The second-order valence-corrected chi connectivity index (χ2v) is 6.33. The highest BCUT2D eigenvalue weighted by molar-refractivity contribution is 6.33. The van der Waals surface area contributed by atoms with Gasteiger partial charge in [0.25, 0.3) is 11.6 Å². The van der Waals surface area contributed by atoms with Crippen molar-refractivity contribution in [2.45, 2.75) is 13.0 Å². The summed E-state index contributed by atoms with van der Waals surface area (Å²) in [4.78, 5) is 38.7. The third-order valence-electron chi connectivity index (χ3n) is 4.38. The smallest absolute Gasteiger partial charge is 0.269 e. The molecule has 26 heavy (non-hydrogen) atoms. The number of para-hydroxylation sites is 1. The minimum atomic E-state index is -0.664. The van der Waals surface area contributed by atoms with Crippen LogP contribution in [0.3, 0.4) is 0 Å². The fourth-order valence-corrected chi connectivity index (χ4v) is 3.19. The van der Waals surface area contributed by atoms with Crippen molar-refractivity contribution in [1.29, 1.82) is 0 Å². The van der Waals surface area contributed by atoms with E-state index in [-0.39, 0.29) is 17.5 Å². The Balaban J connectivity index is 1.79. The molecule has 2 aromatic rings. The quantitative estimate of drug-likeness (QED) is 0.611. The van der Waals surface area contributed by atoms with Crippen molar-refractivity contribution in [3.63, 3.8) is 0 Å². The molecule has 2 aromatic carbocycles. The Morgan fingerprint density at radius 2 is 1.81 bits per heavy atom. The van der Waals surface area contributed by atoms with E-state index in [4.69, 9.17) is 11.6 Å². The molecular weight excluding hydrogens is 358 g/mol. The predicted molar refractivity (Wildman–Crippen MR) is 97.4 cm³/mol. The van der Waals surface area contributed by atoms with Crippen LogP contribution >= 0.6 is 11.6 Å². The summed E-state index contributed by atoms with van der Waals surface area (Å²) in [5.74, 6) is -0.556. The fraction of sp³-hybridized carbons (Fsp3) is 0.222. The van der Waals surface area contributed by atoms with Crippen LogP contribution in [0.1, 0.15) is 17.3 Å². The number of piperazine rings is 1. The minimum absolute atomic E-state index is 0.0887. The molecule has 0 saturated carbocycles. The van der Waals surface area contributed by atoms with Crippen LogP contribution < -0.4 is 4.90 Å². The van der Waals surface area contributed by atoms with Gasteiger partial charge in [-0.25, -0.2) is 0 Å². The number of benzene rings is 2. The Morgan fingerprint density at radius 1 is 1.15 bits per heavy atom. The third-order valence-corrected chi connectivity index (χ3v) is 4.70. The molecule has 1 saturated heterocycles. The van der Waals surface area contributed by atoms with Gasteiger partial charge in [-0.15, -0.1) is 0 Å². The number of hydrogen-bond donors (Lipinski definition) is 0. The van der Waals surface area contributed by atoms with E-state index in [1.165, 1.54) is 29.2 Å². The number of non-ortho nitro benzene ring substituents is 1. The number of carbonyl (C=O) groups excluding carboxylic acids is 2. The summed E-state index contributed by atoms with van der Waals surface area (Å²) in [6.45, 7) is 2.33. The molecular formula is C18H16ClN3O4. The maximum Gasteiger partial charge on any atom is 0.269 e. The van der Waals surface area contributed by atoms with Gasteiger partial charge in [0.1, 0.15) is 6.04 Å². The lowest BCUT2D eigenvalue weighted by Gasteiger charge is -2.39. The van der Waals surface area contributed by atoms with Crippen LogP contribution in [-0.4, -0.2) is 40.8 Å². The summed E-state index contributed by atoms with van der Waals surface area (Å²) in [5, 5.41) is 11.2. The summed E-state index contributed by atoms with van der Waals surface area (Å²) >= 11 is 6.18. The summed E-state index contributed by atoms with van der Waals surface area (Å²) < 4.78 is 0. The Kier molecular flexibility index (Phi) is 4.90. The van der Waals surface area contributed by atoms with E-state index in [2.05, 4.69) is 0 Å². The molecule has 1 heterocycles. The van der Waals surface area contributed by atoms with Gasteiger partial charge in [0.15, 0.2) is 0 Å². The Labute approximate surface area is 154 Å². The zero-order chi connectivity index (χ0) is 18.8. The molecule has 3 rings (SSSR count). The maximum atomic E-state index is 12.8. The van der Waals surface area contributed by atoms with Gasteiger partial charge in [-0.1, -0.05) is 23.7 Å². The topological polar surface area (TPSA) is 83.8 Å². The fourth-order valence-electron chi connectivity index (χ4n) is 2.95. The SMILES string of the molecule is C[C@@H]1C(=O)N(c2ccccc2Cl)CCN1C(=O)c1ccc([N+](=O)[O-])cc1. The van der Waals surface area contributed by atoms with E-state index in [1.54, 1.807) is 36.1 Å². The van der Waals surface area contributed by atoms with Gasteiger partial charge in [-0.05, 0) is 31.2 Å². The first-order chi connectivity index (χ1) is 12.4. The van der Waals surface area contributed by atoms with Gasteiger partial charge in [0.05, 0.1) is 15.6 Å². The number of amides is 2. The monoisotopic (exact) mass is 373 g/mol. The number of nitro benzene ring substituents is 1. The lowest BCUT2D eigenvalue weighted by atomic mass is 10.1. The van der Waals surface area contributed by atoms with Crippen LogP contribution in [0.2, 0.25) is 5.02 Å². The van der Waals surface area contributed by atoms with E-state index in [9.17, 15) is 19.7 Å². The Hall–Kier alpha value is -2.93. The van der Waals surface area contributed by atoms with Crippen molar-refractivity contribution in [2.75, 3.05) is 18.0 Å².